The molecular formula is C20H22N4O4S. The van der Waals surface area contributed by atoms with E-state index < -0.39 is 4.92 Å². The van der Waals surface area contributed by atoms with Gasteiger partial charge in [-0.1, -0.05) is 12.1 Å². The van der Waals surface area contributed by atoms with Gasteiger partial charge in [-0.15, -0.1) is 11.3 Å². The van der Waals surface area contributed by atoms with Crippen LogP contribution in [-0.2, 0) is 4.79 Å². The van der Waals surface area contributed by atoms with Gasteiger partial charge >= 0.3 is 5.69 Å². The smallest absolute Gasteiger partial charge is 0.311 e. The topological polar surface area (TPSA) is 97.6 Å². The number of para-hydroxylation sites is 1. The van der Waals surface area contributed by atoms with Crippen LogP contribution in [0.3, 0.4) is 0 Å². The molecule has 2 aromatic carbocycles. The molecule has 1 amide bonds. The number of thiazole rings is 1. The highest BCUT2D eigenvalue weighted by Crippen LogP contribution is 2.33. The van der Waals surface area contributed by atoms with Crippen LogP contribution in [-0.4, -0.2) is 41.4 Å². The maximum Gasteiger partial charge on any atom is 0.311 e. The van der Waals surface area contributed by atoms with Gasteiger partial charge in [0.25, 0.3) is 0 Å². The minimum Gasteiger partial charge on any atom is -0.490 e. The first kappa shape index (κ1) is 20.7. The average molecular weight is 414 g/mol. The first-order valence-corrected chi connectivity index (χ1v) is 9.80. The predicted octanol–water partition coefficient (Wildman–Crippen LogP) is 4.15. The second kappa shape index (κ2) is 8.54. The van der Waals surface area contributed by atoms with Crippen LogP contribution in [0, 0.1) is 17.0 Å². The second-order valence-electron chi connectivity index (χ2n) is 6.76. The van der Waals surface area contributed by atoms with E-state index in [9.17, 15) is 14.9 Å². The van der Waals surface area contributed by atoms with Crippen molar-refractivity contribution in [3.63, 3.8) is 0 Å². The van der Waals surface area contributed by atoms with Crippen LogP contribution in [0.1, 0.15) is 23.5 Å². The third-order valence-electron chi connectivity index (χ3n) is 4.72. The quantitative estimate of drug-likeness (QED) is 0.461. The molecule has 0 unspecified atom stereocenters. The van der Waals surface area contributed by atoms with Crippen molar-refractivity contribution in [3.8, 4) is 5.75 Å². The van der Waals surface area contributed by atoms with Crippen LogP contribution >= 0.6 is 11.3 Å². The lowest BCUT2D eigenvalue weighted by atomic mass is 10.1. The van der Waals surface area contributed by atoms with Gasteiger partial charge in [-0.05, 0) is 38.6 Å². The molecule has 8 nitrogen and oxygen atoms in total. The van der Waals surface area contributed by atoms with Gasteiger partial charge in [0.05, 0.1) is 34.8 Å². The number of hydrogen-bond donors (Lipinski definition) is 1. The Balaban J connectivity index is 1.70. The number of amides is 1. The van der Waals surface area contributed by atoms with E-state index in [1.807, 2.05) is 43.1 Å². The lowest BCUT2D eigenvalue weighted by Gasteiger charge is -2.22. The van der Waals surface area contributed by atoms with Gasteiger partial charge in [0.1, 0.15) is 5.01 Å². The molecule has 29 heavy (non-hydrogen) atoms. The van der Waals surface area contributed by atoms with E-state index in [0.717, 1.165) is 15.2 Å². The molecule has 1 heterocycles. The third kappa shape index (κ3) is 4.52. The Morgan fingerprint density at radius 2 is 2.10 bits per heavy atom. The molecule has 0 aliphatic rings. The number of anilines is 1. The summed E-state index contributed by atoms with van der Waals surface area (Å²) >= 11 is 1.61. The van der Waals surface area contributed by atoms with Gasteiger partial charge < -0.3 is 10.1 Å². The number of carbonyl (C=O) groups is 1. The predicted molar refractivity (Wildman–Crippen MR) is 114 cm³/mol. The molecule has 0 aliphatic heterocycles. The van der Waals surface area contributed by atoms with E-state index in [1.54, 1.807) is 18.3 Å². The Labute approximate surface area is 172 Å². The number of nitrogens with zero attached hydrogens (tertiary/aromatic N) is 3. The van der Waals surface area contributed by atoms with Crippen molar-refractivity contribution in [1.29, 1.82) is 0 Å². The van der Waals surface area contributed by atoms with Crippen molar-refractivity contribution >= 4 is 38.8 Å². The fourth-order valence-corrected chi connectivity index (χ4v) is 4.01. The number of fused-ring (bicyclic) bond motifs is 1. The molecule has 152 valence electrons. The first-order valence-electron chi connectivity index (χ1n) is 8.98. The molecule has 0 aliphatic carbocycles. The SMILES string of the molecule is COc1cc(NC(=O)CN(C)[C@@H](C)c2nc3ccccc3s2)c(C)cc1[N+](=O)[O-]. The number of aryl methyl sites for hydroxylation is 1. The third-order valence-corrected chi connectivity index (χ3v) is 5.93. The highest BCUT2D eigenvalue weighted by Gasteiger charge is 2.21. The average Bonchev–Trinajstić information content (AvgIpc) is 3.12. The zero-order chi connectivity index (χ0) is 21.1. The second-order valence-corrected chi connectivity index (χ2v) is 7.82. The lowest BCUT2D eigenvalue weighted by molar-refractivity contribution is -0.385. The fourth-order valence-electron chi connectivity index (χ4n) is 2.92. The number of benzene rings is 2. The Kier molecular flexibility index (Phi) is 6.09. The zero-order valence-corrected chi connectivity index (χ0v) is 17.4. The zero-order valence-electron chi connectivity index (χ0n) is 16.6. The van der Waals surface area contributed by atoms with E-state index >= 15 is 0 Å². The molecular weight excluding hydrogens is 392 g/mol. The summed E-state index contributed by atoms with van der Waals surface area (Å²) in [5.41, 5.74) is 1.89. The molecule has 3 aromatic rings. The van der Waals surface area contributed by atoms with Crippen LogP contribution in [0.5, 0.6) is 5.75 Å². The van der Waals surface area contributed by atoms with E-state index in [2.05, 4.69) is 10.3 Å². The molecule has 0 fully saturated rings. The van der Waals surface area contributed by atoms with Crippen LogP contribution in [0.2, 0.25) is 0 Å². The van der Waals surface area contributed by atoms with Crippen molar-refractivity contribution in [2.24, 2.45) is 0 Å². The Bertz CT molecular complexity index is 1030. The number of nitrogens with one attached hydrogen (secondary N) is 1. The molecule has 3 rings (SSSR count). The van der Waals surface area contributed by atoms with Gasteiger partial charge in [0.2, 0.25) is 5.91 Å². The summed E-state index contributed by atoms with van der Waals surface area (Å²) in [5, 5.41) is 14.9. The summed E-state index contributed by atoms with van der Waals surface area (Å²) in [6, 6.07) is 10.8. The number of methoxy groups -OCH3 is 1. The van der Waals surface area contributed by atoms with Crippen molar-refractivity contribution in [3.05, 3.63) is 57.1 Å². The number of ether oxygens (including phenoxy) is 1. The summed E-state index contributed by atoms with van der Waals surface area (Å²) < 4.78 is 6.19. The number of nitro groups is 1. The molecule has 1 aromatic heterocycles. The van der Waals surface area contributed by atoms with Gasteiger partial charge in [0, 0.05) is 17.8 Å². The number of nitro benzene ring substituents is 1. The largest absolute Gasteiger partial charge is 0.490 e. The number of aromatic nitrogens is 1. The maximum absolute atomic E-state index is 12.6. The van der Waals surface area contributed by atoms with Crippen LogP contribution in [0.4, 0.5) is 11.4 Å². The van der Waals surface area contributed by atoms with Crippen LogP contribution < -0.4 is 10.1 Å². The first-order chi connectivity index (χ1) is 13.8. The van der Waals surface area contributed by atoms with Crippen molar-refractivity contribution in [1.82, 2.24) is 9.88 Å². The highest BCUT2D eigenvalue weighted by molar-refractivity contribution is 7.18. The highest BCUT2D eigenvalue weighted by atomic mass is 32.1. The minimum atomic E-state index is -0.509. The lowest BCUT2D eigenvalue weighted by Crippen LogP contribution is -2.32. The summed E-state index contributed by atoms with van der Waals surface area (Å²) in [6.07, 6.45) is 0. The number of likely N-dealkylation sites (N-methyl/N-ethyl adjacent to an activating group) is 1. The standard InChI is InChI=1S/C20H22N4O4S/c1-12-9-16(24(26)27)17(28-4)10-15(12)21-19(25)11-23(3)13(2)20-22-14-7-5-6-8-18(14)29-20/h5-10,13H,11H2,1-4H3,(H,21,25)/t13-/m0/s1. The minimum absolute atomic E-state index is 0.0364. The monoisotopic (exact) mass is 414 g/mol. The summed E-state index contributed by atoms with van der Waals surface area (Å²) in [6.45, 7) is 3.86. The Morgan fingerprint density at radius 1 is 1.38 bits per heavy atom. The number of rotatable bonds is 7. The Hall–Kier alpha value is -3.04. The van der Waals surface area contributed by atoms with Crippen LogP contribution in [0.25, 0.3) is 10.2 Å². The molecule has 1 N–H and O–H groups in total. The summed E-state index contributed by atoms with van der Waals surface area (Å²) in [7, 11) is 3.22. The van der Waals surface area contributed by atoms with Gasteiger partial charge in [-0.2, -0.15) is 0 Å². The molecule has 0 spiro atoms. The normalized spacial score (nSPS) is 12.2. The van der Waals surface area contributed by atoms with Crippen LogP contribution in [0.15, 0.2) is 36.4 Å². The summed E-state index contributed by atoms with van der Waals surface area (Å²) in [4.78, 5) is 29.7. The molecule has 1 atom stereocenters. The molecule has 9 heteroatoms. The van der Waals surface area contributed by atoms with Crippen molar-refractivity contribution < 1.29 is 14.5 Å². The van der Waals surface area contributed by atoms with E-state index in [4.69, 9.17) is 4.74 Å². The molecule has 0 saturated heterocycles. The van der Waals surface area contributed by atoms with Gasteiger partial charge in [-0.3, -0.25) is 19.8 Å². The number of carbonyl (C=O) groups excluding carboxylic acids is 1. The van der Waals surface area contributed by atoms with Crippen molar-refractivity contribution in [2.45, 2.75) is 19.9 Å². The van der Waals surface area contributed by atoms with Gasteiger partial charge in [-0.25, -0.2) is 4.98 Å². The molecule has 0 bridgehead atoms. The Morgan fingerprint density at radius 3 is 2.76 bits per heavy atom. The molecule has 0 saturated carbocycles. The van der Waals surface area contributed by atoms with Crippen molar-refractivity contribution in [2.75, 3.05) is 26.0 Å². The van der Waals surface area contributed by atoms with E-state index in [0.29, 0.717) is 11.3 Å². The van der Waals surface area contributed by atoms with E-state index in [-0.39, 0.29) is 29.9 Å². The molecule has 0 radical (unpaired) electrons. The van der Waals surface area contributed by atoms with Gasteiger partial charge in [0.15, 0.2) is 5.75 Å². The van der Waals surface area contributed by atoms with E-state index in [1.165, 1.54) is 19.2 Å². The fraction of sp³-hybridized carbons (Fsp3) is 0.300. The summed E-state index contributed by atoms with van der Waals surface area (Å²) in [5.74, 6) is -0.119. The number of hydrogen-bond acceptors (Lipinski definition) is 7. The maximum atomic E-state index is 12.6.